The first kappa shape index (κ1) is 37.1. The molecule has 48 heavy (non-hydrogen) atoms. The Kier molecular flexibility index (Phi) is 12.8. The average Bonchev–Trinajstić information content (AvgIpc) is 3.53. The van der Waals surface area contributed by atoms with Gasteiger partial charge in [0.1, 0.15) is 29.0 Å². The molecule has 0 saturated carbocycles. The molecule has 1 fully saturated rings. The van der Waals surface area contributed by atoms with Crippen molar-refractivity contribution in [1.29, 1.82) is 0 Å². The summed E-state index contributed by atoms with van der Waals surface area (Å²) in [5.74, 6) is 1.07. The van der Waals surface area contributed by atoms with E-state index in [9.17, 15) is 14.7 Å². The van der Waals surface area contributed by atoms with E-state index in [1.165, 1.54) is 0 Å². The molecule has 0 spiro atoms. The molecule has 2 heterocycles. The van der Waals surface area contributed by atoms with E-state index in [0.717, 1.165) is 34.6 Å². The predicted octanol–water partition coefficient (Wildman–Crippen LogP) is 8.37. The van der Waals surface area contributed by atoms with Gasteiger partial charge in [-0.05, 0) is 92.0 Å². The predicted molar refractivity (Wildman–Crippen MR) is 190 cm³/mol. The number of nitrogens with zero attached hydrogens (tertiary/aromatic N) is 1. The molecule has 9 nitrogen and oxygen atoms in total. The monoisotopic (exact) mass is 678 g/mol. The normalized spacial score (nSPS) is 16.9. The van der Waals surface area contributed by atoms with Crippen LogP contribution >= 0.6 is 11.8 Å². The minimum absolute atomic E-state index is 0.0388. The van der Waals surface area contributed by atoms with Crippen molar-refractivity contribution in [2.24, 2.45) is 11.3 Å². The molecule has 1 amide bonds. The molecule has 3 aromatic rings. The van der Waals surface area contributed by atoms with E-state index < -0.39 is 23.6 Å². The second-order valence-electron chi connectivity index (χ2n) is 14.4. The van der Waals surface area contributed by atoms with Gasteiger partial charge in [-0.15, -0.1) is 0 Å². The lowest BCUT2D eigenvalue weighted by atomic mass is 9.72. The molecule has 10 heteroatoms. The van der Waals surface area contributed by atoms with E-state index in [4.69, 9.17) is 18.9 Å². The molecule has 1 aliphatic heterocycles. The number of carbonyl (C=O) groups excluding carboxylic acids is 1. The minimum Gasteiger partial charge on any atom is -0.497 e. The summed E-state index contributed by atoms with van der Waals surface area (Å²) in [5, 5.41) is 13.1. The fourth-order valence-electron chi connectivity index (χ4n) is 5.76. The molecular weight excluding hydrogens is 628 g/mol. The maximum absolute atomic E-state index is 13.0. The highest BCUT2D eigenvalue weighted by atomic mass is 32.2. The number of carbonyl (C=O) groups is 2. The van der Waals surface area contributed by atoms with Gasteiger partial charge in [-0.1, -0.05) is 51.1 Å². The zero-order valence-electron chi connectivity index (χ0n) is 29.2. The largest absolute Gasteiger partial charge is 0.497 e. The number of pyridine rings is 1. The Morgan fingerprint density at radius 3 is 2.33 bits per heavy atom. The van der Waals surface area contributed by atoms with Crippen molar-refractivity contribution in [3.63, 3.8) is 0 Å². The second kappa shape index (κ2) is 16.6. The van der Waals surface area contributed by atoms with Gasteiger partial charge in [0, 0.05) is 23.6 Å². The number of hydrogen-bond donors (Lipinski definition) is 2. The van der Waals surface area contributed by atoms with Crippen LogP contribution < -0.4 is 14.8 Å². The summed E-state index contributed by atoms with van der Waals surface area (Å²) in [6.07, 6.45) is 2.87. The van der Waals surface area contributed by atoms with Crippen LogP contribution in [0.4, 0.5) is 10.6 Å². The summed E-state index contributed by atoms with van der Waals surface area (Å²) in [6.45, 7) is 13.3. The molecule has 2 aromatic carbocycles. The van der Waals surface area contributed by atoms with Crippen LogP contribution in [0.1, 0.15) is 77.0 Å². The summed E-state index contributed by atoms with van der Waals surface area (Å²) < 4.78 is 22.4. The quantitative estimate of drug-likeness (QED) is 0.173. The highest BCUT2D eigenvalue weighted by Crippen LogP contribution is 2.44. The van der Waals surface area contributed by atoms with Crippen LogP contribution in [0, 0.1) is 11.3 Å². The summed E-state index contributed by atoms with van der Waals surface area (Å²) in [6, 6.07) is 19.6. The molecule has 4 unspecified atom stereocenters. The highest BCUT2D eigenvalue weighted by Gasteiger charge is 2.36. The van der Waals surface area contributed by atoms with Crippen LogP contribution in [-0.2, 0) is 26.4 Å². The number of benzene rings is 2. The maximum Gasteiger partial charge on any atom is 0.413 e. The average molecular weight is 679 g/mol. The summed E-state index contributed by atoms with van der Waals surface area (Å²) >= 11 is 1.67. The standard InChI is InChI=1S/C38H50N2O7S/c1-37(2,3)32(27-9-8-10-29(20-27)46-30-17-18-45-23-30)21-33(48-24-25-11-14-28(44-7)15-12-25)31(35(41)42)19-26-13-16-34(39-22-26)40-36(43)47-38(4,5)6/h8-16,20,22,30-33H,17-19,21,23-24H2,1-7H3,(H,41,42)(H,39,40,43). The lowest BCUT2D eigenvalue weighted by molar-refractivity contribution is -0.141. The van der Waals surface area contributed by atoms with Crippen molar-refractivity contribution in [1.82, 2.24) is 4.98 Å². The number of rotatable bonds is 14. The van der Waals surface area contributed by atoms with E-state index in [2.05, 4.69) is 43.2 Å². The number of carboxylic acids is 1. The first-order valence-electron chi connectivity index (χ1n) is 16.5. The fourth-order valence-corrected chi connectivity index (χ4v) is 7.13. The molecular formula is C38H50N2O7S. The molecule has 0 bridgehead atoms. The number of nitrogens with one attached hydrogen (secondary N) is 1. The molecule has 4 atom stereocenters. The zero-order chi connectivity index (χ0) is 34.9. The van der Waals surface area contributed by atoms with Gasteiger partial charge in [0.2, 0.25) is 0 Å². The van der Waals surface area contributed by atoms with Crippen LogP contribution in [0.5, 0.6) is 11.5 Å². The van der Waals surface area contributed by atoms with E-state index in [1.54, 1.807) is 51.9 Å². The lowest BCUT2D eigenvalue weighted by Crippen LogP contribution is -2.32. The third kappa shape index (κ3) is 11.4. The van der Waals surface area contributed by atoms with Crippen LogP contribution in [0.15, 0.2) is 66.9 Å². The van der Waals surface area contributed by atoms with Gasteiger partial charge in [0.25, 0.3) is 0 Å². The molecule has 0 aliphatic carbocycles. The Balaban J connectivity index is 1.59. The van der Waals surface area contributed by atoms with Crippen LogP contribution in [0.3, 0.4) is 0 Å². The molecule has 2 N–H and O–H groups in total. The Labute approximate surface area is 289 Å². The number of thioether (sulfide) groups is 1. The van der Waals surface area contributed by atoms with Gasteiger partial charge in [-0.3, -0.25) is 10.1 Å². The van der Waals surface area contributed by atoms with Crippen molar-refractivity contribution < 1.29 is 33.6 Å². The van der Waals surface area contributed by atoms with Crippen LogP contribution in [0.25, 0.3) is 0 Å². The second-order valence-corrected chi connectivity index (χ2v) is 15.6. The number of amides is 1. The zero-order valence-corrected chi connectivity index (χ0v) is 30.0. The smallest absolute Gasteiger partial charge is 0.413 e. The van der Waals surface area contributed by atoms with Crippen LogP contribution in [0.2, 0.25) is 0 Å². The van der Waals surface area contributed by atoms with Crippen molar-refractivity contribution in [3.05, 3.63) is 83.6 Å². The molecule has 0 radical (unpaired) electrons. The number of anilines is 1. The van der Waals surface area contributed by atoms with E-state index in [1.807, 2.05) is 42.5 Å². The van der Waals surface area contributed by atoms with Gasteiger partial charge < -0.3 is 24.1 Å². The number of aromatic nitrogens is 1. The number of carboxylic acid groups (broad SMARTS) is 1. The Hall–Kier alpha value is -3.76. The lowest BCUT2D eigenvalue weighted by Gasteiger charge is -2.36. The van der Waals surface area contributed by atoms with Crippen molar-refractivity contribution in [2.45, 2.75) is 89.4 Å². The molecule has 1 saturated heterocycles. The topological polar surface area (TPSA) is 116 Å². The highest BCUT2D eigenvalue weighted by molar-refractivity contribution is 7.99. The maximum atomic E-state index is 13.0. The number of hydrogen-bond acceptors (Lipinski definition) is 8. The molecule has 4 rings (SSSR count). The molecule has 1 aromatic heterocycles. The fraction of sp³-hybridized carbons (Fsp3) is 0.500. The SMILES string of the molecule is COc1ccc(CSC(CC(c2cccc(OC3CCOC3)c2)C(C)(C)C)C(Cc2ccc(NC(=O)OC(C)(C)C)nc2)C(=O)O)cc1. The van der Waals surface area contributed by atoms with Crippen LogP contribution in [-0.4, -0.2) is 59.4 Å². The third-order valence-electron chi connectivity index (χ3n) is 8.26. The molecule has 1 aliphatic rings. The third-order valence-corrected chi connectivity index (χ3v) is 9.71. The molecule has 260 valence electrons. The van der Waals surface area contributed by atoms with Gasteiger partial charge in [-0.2, -0.15) is 11.8 Å². The van der Waals surface area contributed by atoms with Gasteiger partial charge in [-0.25, -0.2) is 9.78 Å². The summed E-state index contributed by atoms with van der Waals surface area (Å²) in [7, 11) is 1.64. The van der Waals surface area contributed by atoms with E-state index in [0.29, 0.717) is 31.2 Å². The minimum atomic E-state index is -0.857. The van der Waals surface area contributed by atoms with E-state index in [-0.39, 0.29) is 29.1 Å². The van der Waals surface area contributed by atoms with Crippen molar-refractivity contribution >= 4 is 29.6 Å². The summed E-state index contributed by atoms with van der Waals surface area (Å²) in [5.41, 5.74) is 2.19. The van der Waals surface area contributed by atoms with E-state index >= 15 is 0 Å². The Morgan fingerprint density at radius 1 is 1.02 bits per heavy atom. The van der Waals surface area contributed by atoms with Gasteiger partial charge in [0.05, 0.1) is 26.2 Å². The first-order chi connectivity index (χ1) is 22.7. The van der Waals surface area contributed by atoms with Crippen molar-refractivity contribution in [3.8, 4) is 11.5 Å². The van der Waals surface area contributed by atoms with Gasteiger partial charge >= 0.3 is 12.1 Å². The number of methoxy groups -OCH3 is 1. The Morgan fingerprint density at radius 2 is 1.75 bits per heavy atom. The Bertz CT molecular complexity index is 1480. The first-order valence-corrected chi connectivity index (χ1v) is 17.5. The van der Waals surface area contributed by atoms with Crippen molar-refractivity contribution in [2.75, 3.05) is 25.6 Å². The number of ether oxygens (including phenoxy) is 4. The number of aliphatic carboxylic acids is 1. The van der Waals surface area contributed by atoms with Gasteiger partial charge in [0.15, 0.2) is 0 Å². The summed E-state index contributed by atoms with van der Waals surface area (Å²) in [4.78, 5) is 29.7.